The molecular weight excluding hydrogens is 186 g/mol. The van der Waals surface area contributed by atoms with Crippen LogP contribution < -0.4 is 5.32 Å². The van der Waals surface area contributed by atoms with E-state index in [4.69, 9.17) is 4.74 Å². The Kier molecular flexibility index (Phi) is 3.10. The van der Waals surface area contributed by atoms with Crippen LogP contribution >= 0.6 is 11.5 Å². The van der Waals surface area contributed by atoms with Gasteiger partial charge in [0.1, 0.15) is 5.00 Å². The average Bonchev–Trinajstić information content (AvgIpc) is 2.49. The van der Waals surface area contributed by atoms with Crippen LogP contribution in [-0.2, 0) is 4.74 Å². The maximum Gasteiger partial charge on any atom is 0.130 e. The van der Waals surface area contributed by atoms with E-state index < -0.39 is 0 Å². The predicted molar refractivity (Wildman–Crippen MR) is 52.0 cm³/mol. The molecule has 4 nitrogen and oxygen atoms in total. The summed E-state index contributed by atoms with van der Waals surface area (Å²) in [7, 11) is 0. The molecular formula is C8H13N3OS. The molecule has 1 fully saturated rings. The minimum absolute atomic E-state index is 0.532. The molecule has 1 unspecified atom stereocenters. The third-order valence-corrected chi connectivity index (χ3v) is 2.76. The fraction of sp³-hybridized carbons (Fsp3) is 0.750. The topological polar surface area (TPSA) is 47.0 Å². The second-order valence-electron chi connectivity index (χ2n) is 3.17. The summed E-state index contributed by atoms with van der Waals surface area (Å²) in [5.41, 5.74) is 0. The monoisotopic (exact) mass is 199 g/mol. The molecule has 1 atom stereocenters. The minimum atomic E-state index is 0.532. The number of hydrogen-bond acceptors (Lipinski definition) is 5. The largest absolute Gasteiger partial charge is 0.381 e. The number of ether oxygens (including phenoxy) is 1. The van der Waals surface area contributed by atoms with Gasteiger partial charge >= 0.3 is 0 Å². The quantitative estimate of drug-likeness (QED) is 0.784. The van der Waals surface area contributed by atoms with Gasteiger partial charge in [0.15, 0.2) is 0 Å². The second-order valence-corrected chi connectivity index (χ2v) is 3.95. The zero-order valence-electron chi connectivity index (χ0n) is 7.40. The lowest BCUT2D eigenvalue weighted by Crippen LogP contribution is -2.18. The summed E-state index contributed by atoms with van der Waals surface area (Å²) in [6.45, 7) is 1.77. The van der Waals surface area contributed by atoms with E-state index in [2.05, 4.69) is 14.9 Å². The summed E-state index contributed by atoms with van der Waals surface area (Å²) < 4.78 is 9.19. The highest BCUT2D eigenvalue weighted by Gasteiger charge is 2.12. The first-order valence-corrected chi connectivity index (χ1v) is 5.34. The molecule has 2 rings (SSSR count). The molecule has 1 aliphatic heterocycles. The Hall–Kier alpha value is -0.680. The van der Waals surface area contributed by atoms with Crippen LogP contribution in [0.5, 0.6) is 0 Å². The van der Waals surface area contributed by atoms with Crippen molar-refractivity contribution in [2.75, 3.05) is 18.5 Å². The van der Waals surface area contributed by atoms with E-state index in [0.29, 0.717) is 6.04 Å². The van der Waals surface area contributed by atoms with E-state index in [1.54, 1.807) is 6.20 Å². The van der Waals surface area contributed by atoms with Crippen LogP contribution in [-0.4, -0.2) is 28.8 Å². The van der Waals surface area contributed by atoms with Crippen LogP contribution in [0.3, 0.4) is 0 Å². The van der Waals surface area contributed by atoms with Crippen molar-refractivity contribution in [1.29, 1.82) is 0 Å². The van der Waals surface area contributed by atoms with Gasteiger partial charge in [-0.1, -0.05) is 4.49 Å². The zero-order chi connectivity index (χ0) is 8.93. The highest BCUT2D eigenvalue weighted by Crippen LogP contribution is 2.16. The normalized spacial score (nSPS) is 23.8. The standard InChI is InChI=1S/C8H13N3OS/c1-2-7(3-5-12-4-1)10-8-6-9-11-13-8/h6-7,10H,1-5H2. The van der Waals surface area contributed by atoms with Crippen LogP contribution in [0.4, 0.5) is 5.00 Å². The van der Waals surface area contributed by atoms with Gasteiger partial charge in [-0.2, -0.15) is 0 Å². The summed E-state index contributed by atoms with van der Waals surface area (Å²) in [6, 6.07) is 0.532. The van der Waals surface area contributed by atoms with Crippen molar-refractivity contribution in [1.82, 2.24) is 9.59 Å². The molecule has 5 heteroatoms. The van der Waals surface area contributed by atoms with Crippen LogP contribution in [0.25, 0.3) is 0 Å². The molecule has 0 aromatic carbocycles. The Morgan fingerprint density at radius 3 is 3.31 bits per heavy atom. The highest BCUT2D eigenvalue weighted by molar-refractivity contribution is 7.09. The van der Waals surface area contributed by atoms with Gasteiger partial charge in [-0.05, 0) is 19.3 Å². The Bertz CT molecular complexity index is 232. The number of aromatic nitrogens is 2. The summed E-state index contributed by atoms with van der Waals surface area (Å²) >= 11 is 1.41. The molecule has 1 saturated heterocycles. The van der Waals surface area contributed by atoms with Gasteiger partial charge < -0.3 is 10.1 Å². The van der Waals surface area contributed by atoms with E-state index in [1.165, 1.54) is 18.0 Å². The van der Waals surface area contributed by atoms with Gasteiger partial charge in [0.25, 0.3) is 0 Å². The average molecular weight is 199 g/mol. The Morgan fingerprint density at radius 2 is 2.46 bits per heavy atom. The van der Waals surface area contributed by atoms with Crippen LogP contribution in [0.15, 0.2) is 6.20 Å². The van der Waals surface area contributed by atoms with E-state index in [-0.39, 0.29) is 0 Å². The molecule has 1 aromatic rings. The maximum atomic E-state index is 5.38. The van der Waals surface area contributed by atoms with E-state index in [1.807, 2.05) is 0 Å². The van der Waals surface area contributed by atoms with Crippen molar-refractivity contribution in [3.8, 4) is 0 Å². The van der Waals surface area contributed by atoms with Gasteiger partial charge in [0.05, 0.1) is 6.20 Å². The van der Waals surface area contributed by atoms with Gasteiger partial charge in [0, 0.05) is 30.8 Å². The fourth-order valence-corrected chi connectivity index (χ4v) is 1.98. The first-order valence-electron chi connectivity index (χ1n) is 4.57. The highest BCUT2D eigenvalue weighted by atomic mass is 32.1. The van der Waals surface area contributed by atoms with Crippen molar-refractivity contribution in [3.63, 3.8) is 0 Å². The molecule has 2 heterocycles. The third kappa shape index (κ3) is 2.63. The summed E-state index contributed by atoms with van der Waals surface area (Å²) in [4.78, 5) is 0. The Balaban J connectivity index is 1.86. The Labute approximate surface area is 81.5 Å². The maximum absolute atomic E-state index is 5.38. The van der Waals surface area contributed by atoms with Gasteiger partial charge in [-0.25, -0.2) is 0 Å². The molecule has 1 N–H and O–H groups in total. The van der Waals surface area contributed by atoms with Crippen molar-refractivity contribution in [3.05, 3.63) is 6.20 Å². The number of nitrogens with zero attached hydrogens (tertiary/aromatic N) is 2. The number of nitrogens with one attached hydrogen (secondary N) is 1. The number of rotatable bonds is 2. The van der Waals surface area contributed by atoms with Crippen molar-refractivity contribution >= 4 is 16.5 Å². The molecule has 72 valence electrons. The summed E-state index contributed by atoms with van der Waals surface area (Å²) in [5.74, 6) is 0. The van der Waals surface area contributed by atoms with E-state index in [9.17, 15) is 0 Å². The second kappa shape index (κ2) is 4.53. The van der Waals surface area contributed by atoms with Crippen LogP contribution in [0, 0.1) is 0 Å². The van der Waals surface area contributed by atoms with Crippen molar-refractivity contribution < 1.29 is 4.74 Å². The lowest BCUT2D eigenvalue weighted by Gasteiger charge is -2.13. The molecule has 0 aliphatic carbocycles. The summed E-state index contributed by atoms with van der Waals surface area (Å²) in [5, 5.41) is 8.26. The van der Waals surface area contributed by atoms with Crippen LogP contribution in [0.2, 0.25) is 0 Å². The first-order chi connectivity index (χ1) is 6.45. The predicted octanol–water partition coefficient (Wildman–Crippen LogP) is 1.52. The van der Waals surface area contributed by atoms with E-state index >= 15 is 0 Å². The smallest absolute Gasteiger partial charge is 0.130 e. The van der Waals surface area contributed by atoms with Gasteiger partial charge in [-0.3, -0.25) is 0 Å². The lowest BCUT2D eigenvalue weighted by atomic mass is 10.1. The minimum Gasteiger partial charge on any atom is -0.381 e. The fourth-order valence-electron chi connectivity index (χ4n) is 1.48. The molecule has 1 aromatic heterocycles. The van der Waals surface area contributed by atoms with Gasteiger partial charge in [0.2, 0.25) is 0 Å². The van der Waals surface area contributed by atoms with E-state index in [0.717, 1.165) is 31.1 Å². The summed E-state index contributed by atoms with van der Waals surface area (Å²) in [6.07, 6.45) is 5.18. The molecule has 0 saturated carbocycles. The molecule has 13 heavy (non-hydrogen) atoms. The third-order valence-electron chi connectivity index (χ3n) is 2.16. The number of hydrogen-bond donors (Lipinski definition) is 1. The molecule has 0 bridgehead atoms. The lowest BCUT2D eigenvalue weighted by molar-refractivity contribution is 0.144. The number of anilines is 1. The van der Waals surface area contributed by atoms with Gasteiger partial charge in [-0.15, -0.1) is 5.10 Å². The SMILES string of the molecule is c1nnsc1NC1CCCOCC1. The Morgan fingerprint density at radius 1 is 1.46 bits per heavy atom. The molecule has 1 aliphatic rings. The van der Waals surface area contributed by atoms with Crippen LogP contribution in [0.1, 0.15) is 19.3 Å². The molecule has 0 spiro atoms. The first kappa shape index (κ1) is 8.90. The van der Waals surface area contributed by atoms with Crippen molar-refractivity contribution in [2.24, 2.45) is 0 Å². The van der Waals surface area contributed by atoms with Crippen molar-refractivity contribution in [2.45, 2.75) is 25.3 Å². The zero-order valence-corrected chi connectivity index (χ0v) is 8.22. The molecule has 0 radical (unpaired) electrons. The molecule has 0 amide bonds.